The van der Waals surface area contributed by atoms with Crippen molar-refractivity contribution >= 4 is 5.91 Å². The van der Waals surface area contributed by atoms with Gasteiger partial charge in [-0.25, -0.2) is 4.39 Å². The van der Waals surface area contributed by atoms with Gasteiger partial charge in [-0.3, -0.25) is 4.79 Å². The third-order valence-electron chi connectivity index (χ3n) is 3.68. The van der Waals surface area contributed by atoms with Crippen molar-refractivity contribution in [2.75, 3.05) is 19.8 Å². The summed E-state index contributed by atoms with van der Waals surface area (Å²) in [4.78, 5) is 11.8. The van der Waals surface area contributed by atoms with Gasteiger partial charge in [-0.05, 0) is 24.5 Å². The van der Waals surface area contributed by atoms with Crippen LogP contribution in [0.15, 0.2) is 24.3 Å². The molecule has 0 aliphatic carbocycles. The number of carbonyl (C=O) groups is 1. The minimum atomic E-state index is -0.464. The SMILES string of the molecule is CC(C)[C@@H]1OCC[C@@H]1CNC(=O)COc1ccccc1F. The van der Waals surface area contributed by atoms with Gasteiger partial charge in [-0.15, -0.1) is 0 Å². The Balaban J connectivity index is 1.74. The highest BCUT2D eigenvalue weighted by Gasteiger charge is 2.30. The molecule has 0 bridgehead atoms. The molecule has 1 aromatic rings. The molecule has 1 aromatic carbocycles. The third kappa shape index (κ3) is 4.43. The van der Waals surface area contributed by atoms with Gasteiger partial charge in [0.2, 0.25) is 0 Å². The van der Waals surface area contributed by atoms with Crippen LogP contribution in [-0.2, 0) is 9.53 Å². The zero-order valence-corrected chi connectivity index (χ0v) is 12.5. The Kier molecular flexibility index (Phi) is 5.56. The van der Waals surface area contributed by atoms with Crippen LogP contribution in [0.2, 0.25) is 0 Å². The summed E-state index contributed by atoms with van der Waals surface area (Å²) in [7, 11) is 0. The van der Waals surface area contributed by atoms with Crippen LogP contribution < -0.4 is 10.1 Å². The van der Waals surface area contributed by atoms with Gasteiger partial charge in [0.05, 0.1) is 6.10 Å². The average Bonchev–Trinajstić information content (AvgIpc) is 2.93. The van der Waals surface area contributed by atoms with Crippen molar-refractivity contribution in [3.05, 3.63) is 30.1 Å². The molecule has 1 aliphatic rings. The number of ether oxygens (including phenoxy) is 2. The Morgan fingerprint density at radius 1 is 1.48 bits per heavy atom. The quantitative estimate of drug-likeness (QED) is 0.876. The van der Waals surface area contributed by atoms with Crippen LogP contribution in [0.5, 0.6) is 5.75 Å². The van der Waals surface area contributed by atoms with Crippen molar-refractivity contribution < 1.29 is 18.7 Å². The summed E-state index contributed by atoms with van der Waals surface area (Å²) in [6, 6.07) is 6.05. The van der Waals surface area contributed by atoms with Crippen molar-refractivity contribution in [2.24, 2.45) is 11.8 Å². The topological polar surface area (TPSA) is 47.6 Å². The highest BCUT2D eigenvalue weighted by Crippen LogP contribution is 2.26. The molecule has 116 valence electrons. The Morgan fingerprint density at radius 3 is 2.95 bits per heavy atom. The molecule has 0 spiro atoms. The van der Waals surface area contributed by atoms with E-state index in [4.69, 9.17) is 9.47 Å². The number of halogens is 1. The Bertz CT molecular complexity index is 478. The monoisotopic (exact) mass is 295 g/mol. The molecule has 2 atom stereocenters. The Morgan fingerprint density at radius 2 is 2.24 bits per heavy atom. The normalized spacial score (nSPS) is 21.5. The number of amides is 1. The predicted molar refractivity (Wildman–Crippen MR) is 77.6 cm³/mol. The molecule has 0 radical (unpaired) electrons. The average molecular weight is 295 g/mol. The number of carbonyl (C=O) groups excluding carboxylic acids is 1. The first-order valence-corrected chi connectivity index (χ1v) is 7.33. The number of nitrogens with one attached hydrogen (secondary N) is 1. The van der Waals surface area contributed by atoms with Gasteiger partial charge in [0.15, 0.2) is 18.2 Å². The lowest BCUT2D eigenvalue weighted by Gasteiger charge is -2.22. The van der Waals surface area contributed by atoms with E-state index >= 15 is 0 Å². The molecule has 2 rings (SSSR count). The summed E-state index contributed by atoms with van der Waals surface area (Å²) in [6.07, 6.45) is 1.15. The molecule has 0 aromatic heterocycles. The molecule has 1 heterocycles. The predicted octanol–water partition coefficient (Wildman–Crippen LogP) is 2.38. The molecule has 5 heteroatoms. The van der Waals surface area contributed by atoms with Crippen molar-refractivity contribution in [1.29, 1.82) is 0 Å². The Labute approximate surface area is 124 Å². The largest absolute Gasteiger partial charge is 0.481 e. The fourth-order valence-corrected chi connectivity index (χ4v) is 2.61. The second-order valence-electron chi connectivity index (χ2n) is 5.65. The van der Waals surface area contributed by atoms with E-state index in [-0.39, 0.29) is 24.4 Å². The summed E-state index contributed by atoms with van der Waals surface area (Å²) in [5, 5.41) is 2.83. The zero-order valence-electron chi connectivity index (χ0n) is 12.5. The van der Waals surface area contributed by atoms with Gasteiger partial charge >= 0.3 is 0 Å². The molecule has 0 unspecified atom stereocenters. The van der Waals surface area contributed by atoms with Gasteiger partial charge in [-0.1, -0.05) is 26.0 Å². The number of para-hydroxylation sites is 1. The van der Waals surface area contributed by atoms with Crippen LogP contribution in [0.1, 0.15) is 20.3 Å². The number of benzene rings is 1. The van der Waals surface area contributed by atoms with Crippen molar-refractivity contribution in [3.63, 3.8) is 0 Å². The maximum absolute atomic E-state index is 13.3. The van der Waals surface area contributed by atoms with Gasteiger partial charge in [-0.2, -0.15) is 0 Å². The van der Waals surface area contributed by atoms with Crippen LogP contribution >= 0.6 is 0 Å². The van der Waals surface area contributed by atoms with Crippen LogP contribution in [0.3, 0.4) is 0 Å². The van der Waals surface area contributed by atoms with E-state index in [0.29, 0.717) is 18.4 Å². The van der Waals surface area contributed by atoms with Gasteiger partial charge < -0.3 is 14.8 Å². The molecule has 1 amide bonds. The maximum Gasteiger partial charge on any atom is 0.257 e. The summed E-state index contributed by atoms with van der Waals surface area (Å²) < 4.78 is 24.2. The first-order valence-electron chi connectivity index (χ1n) is 7.33. The van der Waals surface area contributed by atoms with E-state index in [1.54, 1.807) is 12.1 Å². The molecular formula is C16H22FNO3. The summed E-state index contributed by atoms with van der Waals surface area (Å²) in [5.74, 6) is 0.158. The van der Waals surface area contributed by atoms with E-state index in [9.17, 15) is 9.18 Å². The highest BCUT2D eigenvalue weighted by molar-refractivity contribution is 5.77. The van der Waals surface area contributed by atoms with Crippen LogP contribution in [0, 0.1) is 17.7 Å². The fourth-order valence-electron chi connectivity index (χ4n) is 2.61. The second kappa shape index (κ2) is 7.41. The third-order valence-corrected chi connectivity index (χ3v) is 3.68. The lowest BCUT2D eigenvalue weighted by molar-refractivity contribution is -0.123. The van der Waals surface area contributed by atoms with E-state index in [1.807, 2.05) is 0 Å². The molecule has 1 aliphatic heterocycles. The minimum Gasteiger partial charge on any atom is -0.481 e. The standard InChI is InChI=1S/C16H22FNO3/c1-11(2)16-12(7-8-20-16)9-18-15(19)10-21-14-6-4-3-5-13(14)17/h3-6,11-12,16H,7-10H2,1-2H3,(H,18,19)/t12-,16+/m1/s1. The van der Waals surface area contributed by atoms with Crippen molar-refractivity contribution in [1.82, 2.24) is 5.32 Å². The second-order valence-corrected chi connectivity index (χ2v) is 5.65. The zero-order chi connectivity index (χ0) is 15.2. The summed E-state index contributed by atoms with van der Waals surface area (Å²) >= 11 is 0. The van der Waals surface area contributed by atoms with Gasteiger partial charge in [0, 0.05) is 19.1 Å². The van der Waals surface area contributed by atoms with Gasteiger partial charge in [0.25, 0.3) is 5.91 Å². The minimum absolute atomic E-state index is 0.0944. The van der Waals surface area contributed by atoms with Crippen molar-refractivity contribution in [2.45, 2.75) is 26.4 Å². The van der Waals surface area contributed by atoms with Gasteiger partial charge in [0.1, 0.15) is 0 Å². The first-order chi connectivity index (χ1) is 10.1. The molecule has 0 saturated carbocycles. The summed E-state index contributed by atoms with van der Waals surface area (Å²) in [6.45, 7) is 5.37. The van der Waals surface area contributed by atoms with E-state index in [1.165, 1.54) is 12.1 Å². The molecule has 1 fully saturated rings. The number of rotatable bonds is 6. The molecule has 4 nitrogen and oxygen atoms in total. The molecule has 21 heavy (non-hydrogen) atoms. The molecular weight excluding hydrogens is 273 g/mol. The van der Waals surface area contributed by atoms with E-state index < -0.39 is 5.82 Å². The smallest absolute Gasteiger partial charge is 0.257 e. The van der Waals surface area contributed by atoms with E-state index in [0.717, 1.165) is 13.0 Å². The van der Waals surface area contributed by atoms with Crippen LogP contribution in [-0.4, -0.2) is 31.8 Å². The highest BCUT2D eigenvalue weighted by atomic mass is 19.1. The maximum atomic E-state index is 13.3. The first kappa shape index (κ1) is 15.8. The van der Waals surface area contributed by atoms with Crippen LogP contribution in [0.25, 0.3) is 0 Å². The van der Waals surface area contributed by atoms with Crippen LogP contribution in [0.4, 0.5) is 4.39 Å². The number of hydrogen-bond donors (Lipinski definition) is 1. The van der Waals surface area contributed by atoms with E-state index in [2.05, 4.69) is 19.2 Å². The van der Waals surface area contributed by atoms with Crippen molar-refractivity contribution in [3.8, 4) is 5.75 Å². The Hall–Kier alpha value is -1.62. The summed E-state index contributed by atoms with van der Waals surface area (Å²) in [5.41, 5.74) is 0. The molecule has 1 saturated heterocycles. The lowest BCUT2D eigenvalue weighted by Crippen LogP contribution is -2.37. The number of hydrogen-bond acceptors (Lipinski definition) is 3. The molecule has 1 N–H and O–H groups in total. The lowest BCUT2D eigenvalue weighted by atomic mass is 9.93. The fraction of sp³-hybridized carbons (Fsp3) is 0.562.